The molecular formula is C53H100N6O8. The molecule has 0 bridgehead atoms. The highest BCUT2D eigenvalue weighted by atomic mass is 16.5. The molecule has 14 heteroatoms. The number of amides is 3. The van der Waals surface area contributed by atoms with Crippen LogP contribution in [0.4, 0.5) is 4.79 Å². The Balaban J connectivity index is 1.35. The van der Waals surface area contributed by atoms with E-state index in [2.05, 4.69) is 49.8 Å². The molecule has 4 saturated carbocycles. The molecule has 4 aliphatic rings. The van der Waals surface area contributed by atoms with Crippen molar-refractivity contribution >= 4 is 11.9 Å². The van der Waals surface area contributed by atoms with Crippen LogP contribution in [0.2, 0.25) is 0 Å². The highest BCUT2D eigenvalue weighted by Gasteiger charge is 2.66. The van der Waals surface area contributed by atoms with Gasteiger partial charge in [0.1, 0.15) is 0 Å². The maximum Gasteiger partial charge on any atom is 0.317 e. The monoisotopic (exact) mass is 949 g/mol. The number of hydrogen-bond acceptors (Lipinski definition) is 11. The Morgan fingerprint density at radius 1 is 0.701 bits per heavy atom. The summed E-state index contributed by atoms with van der Waals surface area (Å²) >= 11 is 0. The van der Waals surface area contributed by atoms with Gasteiger partial charge in [-0.1, -0.05) is 66.4 Å². The van der Waals surface area contributed by atoms with E-state index in [1.54, 1.807) is 0 Å². The summed E-state index contributed by atoms with van der Waals surface area (Å²) in [6.07, 6.45) is 21.9. The van der Waals surface area contributed by atoms with Crippen LogP contribution in [-0.4, -0.2) is 140 Å². The average Bonchev–Trinajstić information content (AvgIpc) is 3.69. The minimum atomic E-state index is -0.210. The Labute approximate surface area is 407 Å². The van der Waals surface area contributed by atoms with Gasteiger partial charge >= 0.3 is 6.03 Å². The smallest absolute Gasteiger partial charge is 0.317 e. The van der Waals surface area contributed by atoms with Gasteiger partial charge in [-0.2, -0.15) is 0 Å². The summed E-state index contributed by atoms with van der Waals surface area (Å²) in [5.74, 6) is 2.98. The first kappa shape index (κ1) is 57.7. The van der Waals surface area contributed by atoms with Crippen molar-refractivity contribution in [3.05, 3.63) is 12.7 Å². The van der Waals surface area contributed by atoms with Crippen LogP contribution >= 0.6 is 0 Å². The molecule has 0 heterocycles. The third-order valence-electron chi connectivity index (χ3n) is 16.6. The van der Waals surface area contributed by atoms with Gasteiger partial charge in [0.2, 0.25) is 5.91 Å². The van der Waals surface area contributed by atoms with Crippen molar-refractivity contribution < 1.29 is 38.0 Å². The average molecular weight is 949 g/mol. The Kier molecular flexibility index (Phi) is 27.7. The fourth-order valence-electron chi connectivity index (χ4n) is 13.0. The summed E-state index contributed by atoms with van der Waals surface area (Å²) in [6.45, 7) is 22.6. The molecule has 67 heavy (non-hydrogen) atoms. The summed E-state index contributed by atoms with van der Waals surface area (Å²) in [5.41, 5.74) is 18.2. The number of fused-ring (bicyclic) bond motifs is 5. The van der Waals surface area contributed by atoms with Crippen LogP contribution in [0.15, 0.2) is 12.7 Å². The molecule has 4 fully saturated rings. The van der Waals surface area contributed by atoms with Gasteiger partial charge in [-0.15, -0.1) is 0 Å². The van der Waals surface area contributed by atoms with E-state index in [9.17, 15) is 9.59 Å². The molecule has 0 aromatic carbocycles. The fourth-order valence-corrected chi connectivity index (χ4v) is 13.0. The molecule has 0 radical (unpaired) electrons. The molecule has 14 nitrogen and oxygen atoms in total. The number of nitrogens with two attached hydrogens (primary N) is 3. The van der Waals surface area contributed by atoms with Crippen molar-refractivity contribution in [1.82, 2.24) is 15.5 Å². The van der Waals surface area contributed by atoms with Crippen LogP contribution in [-0.2, 0) is 33.2 Å². The lowest BCUT2D eigenvalue weighted by molar-refractivity contribution is -0.227. The second-order valence-corrected chi connectivity index (χ2v) is 20.9. The first-order chi connectivity index (χ1) is 32.6. The lowest BCUT2D eigenvalue weighted by atomic mass is 9.43. The van der Waals surface area contributed by atoms with Gasteiger partial charge in [0.05, 0.1) is 58.0 Å². The summed E-state index contributed by atoms with van der Waals surface area (Å²) in [5, 5.41) is 5.82. The summed E-state index contributed by atoms with van der Waals surface area (Å²) < 4.78 is 37.4. The maximum atomic E-state index is 13.7. The van der Waals surface area contributed by atoms with Gasteiger partial charge in [0.25, 0.3) is 0 Å². The largest absolute Gasteiger partial charge is 0.378 e. The Bertz CT molecular complexity index is 1370. The lowest BCUT2D eigenvalue weighted by Gasteiger charge is -2.65. The molecule has 0 spiro atoms. The number of carbonyl (C=O) groups is 2. The molecule has 11 atom stereocenters. The van der Waals surface area contributed by atoms with Crippen molar-refractivity contribution in [3.63, 3.8) is 0 Å². The third kappa shape index (κ3) is 17.7. The van der Waals surface area contributed by atoms with E-state index in [1.165, 1.54) is 51.0 Å². The Morgan fingerprint density at radius 3 is 1.99 bits per heavy atom. The second-order valence-electron chi connectivity index (χ2n) is 20.9. The molecule has 4 rings (SSSR count). The number of carbonyl (C=O) groups excluding carboxylic acids is 2. The van der Waals surface area contributed by atoms with Gasteiger partial charge in [-0.3, -0.25) is 4.79 Å². The van der Waals surface area contributed by atoms with E-state index in [4.69, 9.17) is 45.6 Å². The SMILES string of the molecule is C=CC(=O)NCCOCCOCCOCCNC(=O)N(CCCCCCCC)CCCC(C)C1CC[C@H]2C3C(OCCCN)CC4C[C@H](OCCCN)CC[C@]4(C)[C@H]3C[C@H](OCCCN)[C@]12C. The number of unbranched alkanes of at least 4 members (excludes halogenated alkanes) is 5. The molecule has 0 saturated heterocycles. The minimum absolute atomic E-state index is 0.00278. The van der Waals surface area contributed by atoms with Gasteiger partial charge in [0.15, 0.2) is 0 Å². The van der Waals surface area contributed by atoms with Crippen LogP contribution in [0, 0.1) is 46.3 Å². The van der Waals surface area contributed by atoms with Crippen molar-refractivity contribution in [2.45, 2.75) is 162 Å². The molecule has 0 aromatic rings. The molecule has 390 valence electrons. The van der Waals surface area contributed by atoms with Gasteiger partial charge in [-0.25, -0.2) is 4.79 Å². The lowest BCUT2D eigenvalue weighted by Crippen LogP contribution is -2.63. The zero-order chi connectivity index (χ0) is 48.3. The third-order valence-corrected chi connectivity index (χ3v) is 16.6. The quantitative estimate of drug-likeness (QED) is 0.0312. The van der Waals surface area contributed by atoms with E-state index in [-0.39, 0.29) is 35.0 Å². The van der Waals surface area contributed by atoms with Crippen LogP contribution in [0.3, 0.4) is 0 Å². The first-order valence-electron chi connectivity index (χ1n) is 27.2. The van der Waals surface area contributed by atoms with Crippen molar-refractivity contribution in [1.29, 1.82) is 0 Å². The van der Waals surface area contributed by atoms with Crippen LogP contribution in [0.1, 0.15) is 143 Å². The number of rotatable bonds is 37. The fraction of sp³-hybridized carbons (Fsp3) is 0.925. The minimum Gasteiger partial charge on any atom is -0.378 e. The summed E-state index contributed by atoms with van der Waals surface area (Å²) in [7, 11) is 0. The Hall–Kier alpha value is -1.88. The zero-order valence-electron chi connectivity index (χ0n) is 43.0. The normalized spacial score (nSPS) is 29.4. The number of urea groups is 1. The van der Waals surface area contributed by atoms with Crippen LogP contribution in [0.5, 0.6) is 0 Å². The topological polar surface area (TPSA) is 195 Å². The first-order valence-corrected chi connectivity index (χ1v) is 27.2. The second kappa shape index (κ2) is 32.2. The van der Waals surface area contributed by atoms with Gasteiger partial charge < -0.3 is 61.2 Å². The van der Waals surface area contributed by atoms with E-state index in [1.807, 2.05) is 0 Å². The van der Waals surface area contributed by atoms with Gasteiger partial charge in [-0.05, 0) is 150 Å². The van der Waals surface area contributed by atoms with E-state index >= 15 is 0 Å². The number of nitrogens with one attached hydrogen (secondary N) is 2. The zero-order valence-corrected chi connectivity index (χ0v) is 43.0. The van der Waals surface area contributed by atoms with Crippen molar-refractivity contribution in [3.8, 4) is 0 Å². The molecular weight excluding hydrogens is 849 g/mol. The molecule has 0 aliphatic heterocycles. The number of hydrogen-bond donors (Lipinski definition) is 5. The Morgan fingerprint density at radius 2 is 1.31 bits per heavy atom. The maximum absolute atomic E-state index is 13.7. The molecule has 4 aliphatic carbocycles. The van der Waals surface area contributed by atoms with Crippen LogP contribution < -0.4 is 27.8 Å². The molecule has 8 N–H and O–H groups in total. The van der Waals surface area contributed by atoms with Crippen LogP contribution in [0.25, 0.3) is 0 Å². The summed E-state index contributed by atoms with van der Waals surface area (Å²) in [4.78, 5) is 26.9. The van der Waals surface area contributed by atoms with E-state index in [0.29, 0.717) is 121 Å². The van der Waals surface area contributed by atoms with Crippen molar-refractivity contribution in [2.75, 3.05) is 105 Å². The highest BCUT2D eigenvalue weighted by molar-refractivity contribution is 5.86. The summed E-state index contributed by atoms with van der Waals surface area (Å²) in [6, 6.07) is 0.00278. The highest BCUT2D eigenvalue weighted by Crippen LogP contribution is 2.69. The molecule has 0 aromatic heterocycles. The predicted octanol–water partition coefficient (Wildman–Crippen LogP) is 7.21. The van der Waals surface area contributed by atoms with E-state index in [0.717, 1.165) is 96.9 Å². The standard InChI is InChI=1S/C53H100N6O8/c1-6-8-9-10-11-12-27-59(51(61)58-26-33-63-35-37-64-36-34-62-32-25-57-49(60)7-2)28-13-17-41(3)44-18-19-45-50-46(40-48(53(44,45)5)67-31-16-24-56)52(4)21-20-43(65-29-14-22-54)38-42(52)39-47(50)66-30-15-23-55/h7,41-48,50H,2,6,8-40,54-56H2,1,3-5H3,(H,57,60)(H,58,61)/t41?,42?,43-,44?,45+,46+,47?,48+,50?,52+,53-/m1/s1. The molecule has 3 amide bonds. The van der Waals surface area contributed by atoms with Crippen molar-refractivity contribution in [2.24, 2.45) is 63.5 Å². The van der Waals surface area contributed by atoms with Gasteiger partial charge in [0, 0.05) is 51.4 Å². The van der Waals surface area contributed by atoms with E-state index < -0.39 is 0 Å². The number of nitrogens with zero attached hydrogens (tertiary/aromatic N) is 1. The predicted molar refractivity (Wildman–Crippen MR) is 269 cm³/mol. The number of ether oxygens (including phenoxy) is 6. The molecule has 5 unspecified atom stereocenters.